The average molecular weight is 402 g/mol. The summed E-state index contributed by atoms with van der Waals surface area (Å²) in [7, 11) is 0. The molecule has 2 nitrogen and oxygen atoms in total. The largest absolute Gasteiger partial charge is 0.343 e. The van der Waals surface area contributed by atoms with Crippen LogP contribution in [0, 0.1) is 0 Å². The molecule has 0 unspecified atom stereocenters. The van der Waals surface area contributed by atoms with Gasteiger partial charge >= 0.3 is 0 Å². The summed E-state index contributed by atoms with van der Waals surface area (Å²) >= 11 is 2.05. The highest BCUT2D eigenvalue weighted by molar-refractivity contribution is 8.01. The first-order valence-electron chi connectivity index (χ1n) is 10.3. The van der Waals surface area contributed by atoms with Crippen LogP contribution in [-0.2, 0) is 9.54 Å². The van der Waals surface area contributed by atoms with Crippen molar-refractivity contribution in [2.45, 2.75) is 29.8 Å². The normalized spacial score (nSPS) is 15.3. The van der Waals surface area contributed by atoms with Crippen molar-refractivity contribution in [3.05, 3.63) is 108 Å². The molecule has 1 aliphatic heterocycles. The van der Waals surface area contributed by atoms with Gasteiger partial charge in [0.1, 0.15) is 0 Å². The molecular formula is C26H27NOS. The van der Waals surface area contributed by atoms with Gasteiger partial charge in [-0.1, -0.05) is 91.0 Å². The number of piperidine rings is 1. The minimum Gasteiger partial charge on any atom is -0.343 e. The summed E-state index contributed by atoms with van der Waals surface area (Å²) in [6.07, 6.45) is 2.05. The van der Waals surface area contributed by atoms with Crippen molar-refractivity contribution in [3.8, 4) is 0 Å². The molecule has 3 aromatic carbocycles. The average Bonchev–Trinajstić information content (AvgIpc) is 2.79. The predicted molar refractivity (Wildman–Crippen MR) is 122 cm³/mol. The molecule has 0 aliphatic carbocycles. The molecule has 4 rings (SSSR count). The molecule has 1 fully saturated rings. The van der Waals surface area contributed by atoms with Gasteiger partial charge in [0.25, 0.3) is 0 Å². The summed E-state index contributed by atoms with van der Waals surface area (Å²) in [6.45, 7) is 3.37. The fourth-order valence-corrected chi connectivity index (χ4v) is 6.02. The maximum Gasteiger partial charge on any atom is 0.219 e. The van der Waals surface area contributed by atoms with Crippen LogP contribution < -0.4 is 0 Å². The second-order valence-corrected chi connectivity index (χ2v) is 9.12. The molecule has 3 aromatic rings. The quantitative estimate of drug-likeness (QED) is 0.510. The molecule has 0 saturated carbocycles. The molecular weight excluding hydrogens is 374 g/mol. The highest BCUT2D eigenvalue weighted by Gasteiger charge is 2.40. The van der Waals surface area contributed by atoms with E-state index in [4.69, 9.17) is 0 Å². The first-order chi connectivity index (χ1) is 14.2. The number of hydrogen-bond donors (Lipinski definition) is 0. The smallest absolute Gasteiger partial charge is 0.219 e. The zero-order valence-electron chi connectivity index (χ0n) is 16.8. The van der Waals surface area contributed by atoms with E-state index < -0.39 is 0 Å². The number of carbonyl (C=O) groups is 1. The summed E-state index contributed by atoms with van der Waals surface area (Å²) < 4.78 is -0.271. The van der Waals surface area contributed by atoms with Gasteiger partial charge in [-0.25, -0.2) is 0 Å². The van der Waals surface area contributed by atoms with E-state index >= 15 is 0 Å². The van der Waals surface area contributed by atoms with Gasteiger partial charge < -0.3 is 4.90 Å². The molecule has 1 heterocycles. The van der Waals surface area contributed by atoms with Gasteiger partial charge in [-0.2, -0.15) is 0 Å². The molecule has 0 N–H and O–H groups in total. The second kappa shape index (κ2) is 8.87. The summed E-state index contributed by atoms with van der Waals surface area (Å²) in [4.78, 5) is 13.8. The zero-order chi connectivity index (χ0) is 20.1. The van der Waals surface area contributed by atoms with Crippen molar-refractivity contribution in [1.82, 2.24) is 4.90 Å². The van der Waals surface area contributed by atoms with Crippen molar-refractivity contribution < 1.29 is 4.79 Å². The molecule has 148 valence electrons. The van der Waals surface area contributed by atoms with Crippen LogP contribution in [0.3, 0.4) is 0 Å². The Hall–Kier alpha value is -2.52. The fourth-order valence-electron chi connectivity index (χ4n) is 4.26. The van der Waals surface area contributed by atoms with Crippen molar-refractivity contribution in [3.63, 3.8) is 0 Å². The van der Waals surface area contributed by atoms with Crippen molar-refractivity contribution >= 4 is 17.7 Å². The van der Waals surface area contributed by atoms with E-state index in [0.29, 0.717) is 5.25 Å². The van der Waals surface area contributed by atoms with E-state index in [0.717, 1.165) is 25.9 Å². The monoisotopic (exact) mass is 401 g/mol. The van der Waals surface area contributed by atoms with E-state index in [1.807, 2.05) is 16.7 Å². The maximum atomic E-state index is 11.8. The van der Waals surface area contributed by atoms with E-state index in [2.05, 4.69) is 91.0 Å². The van der Waals surface area contributed by atoms with E-state index in [9.17, 15) is 4.79 Å². The third-order valence-electron chi connectivity index (χ3n) is 5.77. The van der Waals surface area contributed by atoms with Crippen LogP contribution in [0.2, 0.25) is 0 Å². The molecule has 0 bridgehead atoms. The molecule has 1 amide bonds. The SMILES string of the molecule is CC(=O)N1CCC(SC(c2ccccc2)(c2ccccc2)c2ccccc2)CC1. The van der Waals surface area contributed by atoms with Crippen molar-refractivity contribution in [2.24, 2.45) is 0 Å². The number of rotatable bonds is 5. The number of thioether (sulfide) groups is 1. The van der Waals surface area contributed by atoms with Gasteiger partial charge in [0.05, 0.1) is 4.75 Å². The van der Waals surface area contributed by atoms with Gasteiger partial charge in [0, 0.05) is 25.3 Å². The molecule has 0 radical (unpaired) electrons. The molecule has 0 atom stereocenters. The highest BCUT2D eigenvalue weighted by atomic mass is 32.2. The molecule has 0 aromatic heterocycles. The van der Waals surface area contributed by atoms with Crippen LogP contribution >= 0.6 is 11.8 Å². The molecule has 3 heteroatoms. The summed E-state index contributed by atoms with van der Waals surface area (Å²) in [5, 5.41) is 0.492. The number of nitrogens with zero attached hydrogens (tertiary/aromatic N) is 1. The Balaban J connectivity index is 1.79. The number of likely N-dealkylation sites (tertiary alicyclic amines) is 1. The number of benzene rings is 3. The van der Waals surface area contributed by atoms with Gasteiger partial charge in [0.15, 0.2) is 0 Å². The Morgan fingerprint density at radius 2 is 1.14 bits per heavy atom. The Morgan fingerprint density at radius 1 is 0.759 bits per heavy atom. The fraction of sp³-hybridized carbons (Fsp3) is 0.269. The number of amides is 1. The Kier molecular flexibility index (Phi) is 6.05. The molecule has 1 saturated heterocycles. The molecule has 1 aliphatic rings. The van der Waals surface area contributed by atoms with Gasteiger partial charge in [0.2, 0.25) is 5.91 Å². The lowest BCUT2D eigenvalue weighted by molar-refractivity contribution is -0.129. The van der Waals surface area contributed by atoms with E-state index in [1.54, 1.807) is 6.92 Å². The first-order valence-corrected chi connectivity index (χ1v) is 11.2. The standard InChI is InChI=1S/C26H27NOS/c1-21(28)27-19-17-25(18-20-27)29-26(22-11-5-2-6-12-22,23-13-7-3-8-14-23)24-15-9-4-10-16-24/h2-16,25H,17-20H2,1H3. The third kappa shape index (κ3) is 4.11. The second-order valence-electron chi connectivity index (χ2n) is 7.60. The van der Waals surface area contributed by atoms with E-state index in [-0.39, 0.29) is 10.7 Å². The van der Waals surface area contributed by atoms with Crippen LogP contribution in [0.1, 0.15) is 36.5 Å². The van der Waals surface area contributed by atoms with Gasteiger partial charge in [-0.15, -0.1) is 11.8 Å². The van der Waals surface area contributed by atoms with Crippen molar-refractivity contribution in [2.75, 3.05) is 13.1 Å². The van der Waals surface area contributed by atoms with Crippen LogP contribution in [0.15, 0.2) is 91.0 Å². The zero-order valence-corrected chi connectivity index (χ0v) is 17.6. The van der Waals surface area contributed by atoms with Crippen LogP contribution in [-0.4, -0.2) is 29.1 Å². The lowest BCUT2D eigenvalue weighted by Gasteiger charge is -2.40. The Morgan fingerprint density at radius 3 is 1.48 bits per heavy atom. The van der Waals surface area contributed by atoms with Crippen LogP contribution in [0.25, 0.3) is 0 Å². The topological polar surface area (TPSA) is 20.3 Å². The number of hydrogen-bond acceptors (Lipinski definition) is 2. The Bertz CT molecular complexity index is 822. The Labute approximate surface area is 178 Å². The number of carbonyl (C=O) groups excluding carboxylic acids is 1. The minimum absolute atomic E-state index is 0.189. The van der Waals surface area contributed by atoms with Crippen LogP contribution in [0.5, 0.6) is 0 Å². The molecule has 29 heavy (non-hydrogen) atoms. The lowest BCUT2D eigenvalue weighted by Crippen LogP contribution is -2.39. The third-order valence-corrected chi connectivity index (χ3v) is 7.64. The lowest BCUT2D eigenvalue weighted by atomic mass is 9.84. The maximum absolute atomic E-state index is 11.8. The van der Waals surface area contributed by atoms with Gasteiger partial charge in [-0.05, 0) is 29.5 Å². The summed E-state index contributed by atoms with van der Waals surface area (Å²) in [5.74, 6) is 0.189. The highest BCUT2D eigenvalue weighted by Crippen LogP contribution is 2.51. The van der Waals surface area contributed by atoms with Crippen molar-refractivity contribution in [1.29, 1.82) is 0 Å². The molecule has 0 spiro atoms. The summed E-state index contributed by atoms with van der Waals surface area (Å²) in [5.41, 5.74) is 3.91. The van der Waals surface area contributed by atoms with E-state index in [1.165, 1.54) is 16.7 Å². The first kappa shape index (κ1) is 19.8. The summed E-state index contributed by atoms with van der Waals surface area (Å²) in [6, 6.07) is 32.5. The minimum atomic E-state index is -0.271. The van der Waals surface area contributed by atoms with Gasteiger partial charge in [-0.3, -0.25) is 4.79 Å². The van der Waals surface area contributed by atoms with Crippen LogP contribution in [0.4, 0.5) is 0 Å². The predicted octanol–water partition coefficient (Wildman–Crippen LogP) is 5.72.